The second-order valence-corrected chi connectivity index (χ2v) is 9.35. The van der Waals surface area contributed by atoms with Gasteiger partial charge >= 0.3 is 12.4 Å². The summed E-state index contributed by atoms with van der Waals surface area (Å²) >= 11 is 0. The van der Waals surface area contributed by atoms with Gasteiger partial charge in [0.15, 0.2) is 0 Å². The number of anilines is 2. The van der Waals surface area contributed by atoms with E-state index in [9.17, 15) is 31.2 Å². The van der Waals surface area contributed by atoms with E-state index in [1.165, 1.54) is 23.4 Å². The van der Waals surface area contributed by atoms with E-state index in [4.69, 9.17) is 0 Å². The minimum atomic E-state index is -4.88. The highest BCUT2D eigenvalue weighted by Crippen LogP contribution is 2.28. The normalized spacial score (nSPS) is 14.2. The smallest absolute Gasteiger partial charge is 0.406 e. The number of nitrogens with one attached hydrogen (secondary N) is 2. The topological polar surface area (TPSA) is 121 Å². The Morgan fingerprint density at radius 1 is 1.00 bits per heavy atom. The first-order valence-corrected chi connectivity index (χ1v) is 12.2. The van der Waals surface area contributed by atoms with Crippen molar-refractivity contribution in [3.05, 3.63) is 84.2 Å². The summed E-state index contributed by atoms with van der Waals surface area (Å²) in [5.74, 6) is -1.10. The summed E-state index contributed by atoms with van der Waals surface area (Å²) in [6, 6.07) is 14.0. The number of urea groups is 1. The van der Waals surface area contributed by atoms with E-state index in [0.29, 0.717) is 5.56 Å². The summed E-state index contributed by atoms with van der Waals surface area (Å²) in [7, 11) is -4.00. The summed E-state index contributed by atoms with van der Waals surface area (Å²) < 4.78 is 70.9. The van der Waals surface area contributed by atoms with E-state index in [1.807, 2.05) is 0 Å². The van der Waals surface area contributed by atoms with Crippen molar-refractivity contribution in [2.45, 2.75) is 19.5 Å². The van der Waals surface area contributed by atoms with Crippen molar-refractivity contribution in [3.8, 4) is 5.75 Å². The number of carbonyl (C=O) groups is 2. The van der Waals surface area contributed by atoms with E-state index in [2.05, 4.69) is 19.2 Å². The zero-order valence-electron chi connectivity index (χ0n) is 19.0. The molecule has 2 heterocycles. The van der Waals surface area contributed by atoms with Crippen molar-refractivity contribution in [3.63, 3.8) is 0 Å². The predicted octanol–water partition coefficient (Wildman–Crippen LogP) is 3.40. The van der Waals surface area contributed by atoms with Crippen LogP contribution in [-0.4, -0.2) is 43.1 Å². The van der Waals surface area contributed by atoms with Crippen LogP contribution >= 0.6 is 0 Å². The molecule has 0 spiro atoms. The van der Waals surface area contributed by atoms with Gasteiger partial charge in [-0.25, -0.2) is 9.69 Å². The van der Waals surface area contributed by atoms with Crippen LogP contribution in [0.4, 0.5) is 29.3 Å². The van der Waals surface area contributed by atoms with Crippen LogP contribution in [-0.2, 0) is 28.1 Å². The Morgan fingerprint density at radius 2 is 1.70 bits per heavy atom. The maximum atomic E-state index is 12.9. The highest BCUT2D eigenvalue weighted by atomic mass is 32.2. The van der Waals surface area contributed by atoms with Gasteiger partial charge < -0.3 is 9.64 Å². The number of nitrogens with zero attached hydrogens (tertiary/aromatic N) is 3. The van der Waals surface area contributed by atoms with E-state index in [1.54, 1.807) is 30.3 Å². The standard InChI is InChI=1S/C23H20F3N5O5S/c24-23(25,26)36-19-8-6-18(7-9-19)31-21(32)15-30(22(31)33)14-17-10-11-27-13-20(17)29-37(34,35)28-12-16-4-2-1-3-5-16/h1-11,13,28-29H,12,14-15H2. The monoisotopic (exact) mass is 535 g/mol. The average Bonchev–Trinajstić information content (AvgIpc) is 3.12. The number of pyridine rings is 1. The van der Waals surface area contributed by atoms with E-state index < -0.39 is 34.3 Å². The van der Waals surface area contributed by atoms with Crippen LogP contribution in [0.15, 0.2) is 73.1 Å². The first-order chi connectivity index (χ1) is 17.5. The summed E-state index contributed by atoms with van der Waals surface area (Å²) in [5, 5.41) is 0. The Hall–Kier alpha value is -4.17. The molecular weight excluding hydrogens is 515 g/mol. The van der Waals surface area contributed by atoms with Crippen molar-refractivity contribution in [1.82, 2.24) is 14.6 Å². The molecule has 1 aliphatic rings. The van der Waals surface area contributed by atoms with Crippen LogP contribution in [0.5, 0.6) is 5.75 Å². The van der Waals surface area contributed by atoms with Gasteiger partial charge in [-0.05, 0) is 41.5 Å². The predicted molar refractivity (Wildman–Crippen MR) is 126 cm³/mol. The second kappa shape index (κ2) is 10.4. The van der Waals surface area contributed by atoms with E-state index in [-0.39, 0.29) is 31.0 Å². The van der Waals surface area contributed by atoms with Gasteiger partial charge in [-0.3, -0.25) is 14.5 Å². The number of hydrogen-bond acceptors (Lipinski definition) is 6. The lowest BCUT2D eigenvalue weighted by atomic mass is 10.2. The third kappa shape index (κ3) is 6.74. The summed E-state index contributed by atoms with van der Waals surface area (Å²) in [6.45, 7) is -0.400. The molecule has 0 bridgehead atoms. The zero-order valence-corrected chi connectivity index (χ0v) is 19.8. The van der Waals surface area contributed by atoms with Crippen LogP contribution in [0.2, 0.25) is 0 Å². The number of carbonyl (C=O) groups excluding carboxylic acids is 2. The van der Waals surface area contributed by atoms with Crippen molar-refractivity contribution in [1.29, 1.82) is 0 Å². The highest BCUT2D eigenvalue weighted by Gasteiger charge is 2.38. The molecule has 2 aromatic carbocycles. The Balaban J connectivity index is 1.44. The average molecular weight is 536 g/mol. The van der Waals surface area contributed by atoms with Gasteiger partial charge in [-0.2, -0.15) is 13.1 Å². The van der Waals surface area contributed by atoms with Gasteiger partial charge in [-0.15, -0.1) is 13.2 Å². The Labute approximate surface area is 209 Å². The van der Waals surface area contributed by atoms with Gasteiger partial charge in [0.05, 0.1) is 24.1 Å². The molecule has 1 aromatic heterocycles. The molecule has 3 aromatic rings. The number of imide groups is 1. The summed E-state index contributed by atoms with van der Waals surface area (Å²) in [4.78, 5) is 31.4. The largest absolute Gasteiger partial charge is 0.573 e. The van der Waals surface area contributed by atoms with Crippen LogP contribution in [0.1, 0.15) is 11.1 Å². The molecule has 4 rings (SSSR count). The Kier molecular flexibility index (Phi) is 7.31. The van der Waals surface area contributed by atoms with Crippen LogP contribution in [0, 0.1) is 0 Å². The van der Waals surface area contributed by atoms with Gasteiger partial charge in [0.2, 0.25) is 0 Å². The molecule has 1 fully saturated rings. The minimum absolute atomic E-state index is 0.0483. The zero-order chi connectivity index (χ0) is 26.6. The van der Waals surface area contributed by atoms with Crippen molar-refractivity contribution < 1.29 is 35.9 Å². The molecule has 10 nitrogen and oxygen atoms in total. The van der Waals surface area contributed by atoms with Crippen LogP contribution in [0.25, 0.3) is 0 Å². The van der Waals surface area contributed by atoms with Crippen molar-refractivity contribution in [2.75, 3.05) is 16.2 Å². The first-order valence-electron chi connectivity index (χ1n) is 10.7. The molecule has 194 valence electrons. The molecule has 0 unspecified atom stereocenters. The van der Waals surface area contributed by atoms with Crippen molar-refractivity contribution >= 4 is 33.5 Å². The number of aromatic nitrogens is 1. The molecule has 14 heteroatoms. The van der Waals surface area contributed by atoms with E-state index >= 15 is 0 Å². The lowest BCUT2D eigenvalue weighted by molar-refractivity contribution is -0.274. The highest BCUT2D eigenvalue weighted by molar-refractivity contribution is 7.90. The molecule has 1 aliphatic heterocycles. The van der Waals surface area contributed by atoms with Gasteiger partial charge in [-0.1, -0.05) is 30.3 Å². The van der Waals surface area contributed by atoms with E-state index in [0.717, 1.165) is 34.7 Å². The fourth-order valence-corrected chi connectivity index (χ4v) is 4.44. The third-order valence-electron chi connectivity index (χ3n) is 5.19. The molecule has 3 amide bonds. The maximum Gasteiger partial charge on any atom is 0.573 e. The van der Waals surface area contributed by atoms with Crippen molar-refractivity contribution in [2.24, 2.45) is 0 Å². The fourth-order valence-electron chi connectivity index (χ4n) is 3.54. The molecular formula is C23H20F3N5O5S. The Morgan fingerprint density at radius 3 is 2.38 bits per heavy atom. The number of rotatable bonds is 9. The number of amides is 3. The quantitative estimate of drug-likeness (QED) is 0.405. The number of benzene rings is 2. The maximum absolute atomic E-state index is 12.9. The number of halogens is 3. The molecule has 0 aliphatic carbocycles. The van der Waals surface area contributed by atoms with Crippen LogP contribution < -0.4 is 19.1 Å². The number of alkyl halides is 3. The van der Waals surface area contributed by atoms with Gasteiger partial charge in [0, 0.05) is 12.7 Å². The summed E-state index contributed by atoms with van der Waals surface area (Å²) in [6.07, 6.45) is -2.20. The fraction of sp³-hybridized carbons (Fsp3) is 0.174. The molecule has 0 atom stereocenters. The number of ether oxygens (including phenoxy) is 1. The third-order valence-corrected chi connectivity index (χ3v) is 6.20. The first kappa shape index (κ1) is 25.9. The lowest BCUT2D eigenvalue weighted by Crippen LogP contribution is -2.33. The molecule has 2 N–H and O–H groups in total. The number of hydrogen-bond donors (Lipinski definition) is 2. The molecule has 0 radical (unpaired) electrons. The SMILES string of the molecule is O=C1CN(Cc2ccncc2NS(=O)(=O)NCc2ccccc2)C(=O)N1c1ccc(OC(F)(F)F)cc1. The van der Waals surface area contributed by atoms with Gasteiger partial charge in [0.25, 0.3) is 16.1 Å². The van der Waals surface area contributed by atoms with Gasteiger partial charge in [0.1, 0.15) is 12.3 Å². The summed E-state index contributed by atoms with van der Waals surface area (Å²) in [5.41, 5.74) is 1.29. The molecule has 0 saturated carbocycles. The Bertz CT molecular complexity index is 1390. The molecule has 1 saturated heterocycles. The molecule has 37 heavy (non-hydrogen) atoms. The second-order valence-electron chi connectivity index (χ2n) is 7.85. The van der Waals surface area contributed by atoms with Crippen LogP contribution in [0.3, 0.4) is 0 Å². The lowest BCUT2D eigenvalue weighted by Gasteiger charge is -2.19. The minimum Gasteiger partial charge on any atom is -0.406 e.